The summed E-state index contributed by atoms with van der Waals surface area (Å²) in [7, 11) is -2.14. The highest BCUT2D eigenvalue weighted by atomic mass is 35.5. The number of hydrogen-bond donors (Lipinski definition) is 2. The molecule has 0 radical (unpaired) electrons. The smallest absolute Gasteiger partial charge is 0.244 e. The summed E-state index contributed by atoms with van der Waals surface area (Å²) in [6, 6.07) is 12.0. The molecule has 3 rings (SSSR count). The Bertz CT molecular complexity index is 1030. The van der Waals surface area contributed by atoms with Gasteiger partial charge in [0.1, 0.15) is 4.90 Å². The van der Waals surface area contributed by atoms with E-state index in [0.29, 0.717) is 18.9 Å². The molecule has 1 atom stereocenters. The molecule has 1 aliphatic heterocycles. The number of methoxy groups -OCH3 is 1. The fourth-order valence-electron chi connectivity index (χ4n) is 3.13. The van der Waals surface area contributed by atoms with Crippen molar-refractivity contribution >= 4 is 38.9 Å². The van der Waals surface area contributed by atoms with Crippen molar-refractivity contribution in [2.45, 2.75) is 17.9 Å². The first-order valence-electron chi connectivity index (χ1n) is 9.85. The van der Waals surface area contributed by atoms with E-state index in [2.05, 4.69) is 10.6 Å². The van der Waals surface area contributed by atoms with Crippen LogP contribution in [0.25, 0.3) is 0 Å². The minimum atomic E-state index is -3.78. The predicted molar refractivity (Wildman–Crippen MR) is 120 cm³/mol. The van der Waals surface area contributed by atoms with Gasteiger partial charge in [-0.05, 0) is 42.8 Å². The highest BCUT2D eigenvalue weighted by Gasteiger charge is 2.28. The zero-order valence-corrected chi connectivity index (χ0v) is 19.0. The Labute approximate surface area is 187 Å². The second-order valence-electron chi connectivity index (χ2n) is 7.07. The van der Waals surface area contributed by atoms with Crippen LogP contribution in [0.2, 0.25) is 5.02 Å². The third-order valence-corrected chi connectivity index (χ3v) is 7.35. The molecule has 0 bridgehead atoms. The summed E-state index contributed by atoms with van der Waals surface area (Å²) in [6.07, 6.45) is -0.0588. The van der Waals surface area contributed by atoms with E-state index in [1.165, 1.54) is 16.4 Å². The summed E-state index contributed by atoms with van der Waals surface area (Å²) >= 11 is 6.16. The van der Waals surface area contributed by atoms with Crippen LogP contribution < -0.4 is 10.6 Å². The van der Waals surface area contributed by atoms with Gasteiger partial charge >= 0.3 is 0 Å². The van der Waals surface area contributed by atoms with Gasteiger partial charge in [-0.3, -0.25) is 4.79 Å². The minimum absolute atomic E-state index is 0.0129. The van der Waals surface area contributed by atoms with Gasteiger partial charge in [-0.2, -0.15) is 4.31 Å². The number of hydrogen-bond acceptors (Lipinski definition) is 6. The first-order valence-corrected chi connectivity index (χ1v) is 11.7. The average Bonchev–Trinajstić information content (AvgIpc) is 2.79. The molecule has 2 N–H and O–H groups in total. The number of morpholine rings is 1. The third-order valence-electron chi connectivity index (χ3n) is 4.97. The zero-order chi connectivity index (χ0) is 22.4. The lowest BCUT2D eigenvalue weighted by Gasteiger charge is -2.26. The topological polar surface area (TPSA) is 97.0 Å². The van der Waals surface area contributed by atoms with Crippen molar-refractivity contribution < 1.29 is 22.7 Å². The summed E-state index contributed by atoms with van der Waals surface area (Å²) in [6.45, 7) is 3.15. The SMILES string of the molecule is COC(C)c1cccc(NCC(=O)Nc2ccc(Cl)c(S(=O)(=O)N3CCOCC3)c2)c1. The average molecular weight is 468 g/mol. The molecule has 1 fully saturated rings. The summed E-state index contributed by atoms with van der Waals surface area (Å²) in [4.78, 5) is 12.4. The van der Waals surface area contributed by atoms with E-state index in [9.17, 15) is 13.2 Å². The number of ether oxygens (including phenoxy) is 2. The molecule has 31 heavy (non-hydrogen) atoms. The molecule has 168 valence electrons. The normalized spacial score (nSPS) is 16.0. The van der Waals surface area contributed by atoms with E-state index in [1.807, 2.05) is 31.2 Å². The van der Waals surface area contributed by atoms with Crippen LogP contribution in [-0.4, -0.2) is 58.6 Å². The van der Waals surface area contributed by atoms with E-state index in [-0.39, 0.29) is 41.6 Å². The van der Waals surface area contributed by atoms with Gasteiger partial charge in [0.2, 0.25) is 15.9 Å². The van der Waals surface area contributed by atoms with Crippen molar-refractivity contribution in [1.82, 2.24) is 4.31 Å². The van der Waals surface area contributed by atoms with Crippen molar-refractivity contribution in [1.29, 1.82) is 0 Å². The molecule has 0 spiro atoms. The second-order valence-corrected chi connectivity index (χ2v) is 9.38. The lowest BCUT2D eigenvalue weighted by atomic mass is 10.1. The fourth-order valence-corrected chi connectivity index (χ4v) is 5.04. The van der Waals surface area contributed by atoms with Gasteiger partial charge in [-0.15, -0.1) is 0 Å². The molecule has 1 saturated heterocycles. The molecule has 0 saturated carbocycles. The third kappa shape index (κ3) is 5.96. The number of halogens is 1. The molecule has 1 heterocycles. The Kier molecular flexibility index (Phi) is 7.90. The molecular formula is C21H26ClN3O5S. The standard InChI is InChI=1S/C21H26ClN3O5S/c1-15(29-2)16-4-3-5-17(12-16)23-14-21(26)24-18-6-7-19(22)20(13-18)31(27,28)25-8-10-30-11-9-25/h3-7,12-13,15,23H,8-11,14H2,1-2H3,(H,24,26). The number of nitrogens with one attached hydrogen (secondary N) is 2. The van der Waals surface area contributed by atoms with Crippen LogP contribution in [0.15, 0.2) is 47.4 Å². The molecule has 0 aliphatic carbocycles. The lowest BCUT2D eigenvalue weighted by molar-refractivity contribution is -0.114. The maximum Gasteiger partial charge on any atom is 0.244 e. The molecule has 1 amide bonds. The highest BCUT2D eigenvalue weighted by molar-refractivity contribution is 7.89. The van der Waals surface area contributed by atoms with Crippen LogP contribution in [0.5, 0.6) is 0 Å². The Hall–Kier alpha value is -2.17. The van der Waals surface area contributed by atoms with Gasteiger partial charge < -0.3 is 20.1 Å². The molecule has 1 aliphatic rings. The van der Waals surface area contributed by atoms with E-state index in [4.69, 9.17) is 21.1 Å². The van der Waals surface area contributed by atoms with Crippen LogP contribution in [0, 0.1) is 0 Å². The van der Waals surface area contributed by atoms with E-state index in [1.54, 1.807) is 13.2 Å². The maximum absolute atomic E-state index is 12.9. The van der Waals surface area contributed by atoms with Crippen molar-refractivity contribution in [2.75, 3.05) is 50.6 Å². The number of sulfonamides is 1. The van der Waals surface area contributed by atoms with Crippen molar-refractivity contribution in [2.24, 2.45) is 0 Å². The first kappa shape index (κ1) is 23.5. The van der Waals surface area contributed by atoms with Crippen molar-refractivity contribution in [3.63, 3.8) is 0 Å². The predicted octanol–water partition coefficient (Wildman–Crippen LogP) is 3.12. The van der Waals surface area contributed by atoms with Gasteiger partial charge in [0.15, 0.2) is 0 Å². The van der Waals surface area contributed by atoms with Crippen LogP contribution in [0.4, 0.5) is 11.4 Å². The van der Waals surface area contributed by atoms with Gasteiger partial charge in [0.05, 0.1) is 30.9 Å². The van der Waals surface area contributed by atoms with Crippen LogP contribution in [-0.2, 0) is 24.3 Å². The Morgan fingerprint density at radius 2 is 1.94 bits per heavy atom. The molecule has 8 nitrogen and oxygen atoms in total. The van der Waals surface area contributed by atoms with E-state index >= 15 is 0 Å². The largest absolute Gasteiger partial charge is 0.379 e. The zero-order valence-electron chi connectivity index (χ0n) is 17.4. The van der Waals surface area contributed by atoms with E-state index < -0.39 is 10.0 Å². The van der Waals surface area contributed by atoms with Gasteiger partial charge in [0, 0.05) is 31.6 Å². The van der Waals surface area contributed by atoms with Crippen LogP contribution >= 0.6 is 11.6 Å². The summed E-state index contributed by atoms with van der Waals surface area (Å²) in [5.74, 6) is -0.317. The molecular weight excluding hydrogens is 442 g/mol. The Balaban J connectivity index is 1.66. The molecule has 0 aromatic heterocycles. The summed E-state index contributed by atoms with van der Waals surface area (Å²) in [5, 5.41) is 5.87. The minimum Gasteiger partial charge on any atom is -0.379 e. The lowest BCUT2D eigenvalue weighted by Crippen LogP contribution is -2.40. The number of benzene rings is 2. The molecule has 2 aromatic carbocycles. The molecule has 1 unspecified atom stereocenters. The number of nitrogens with zero attached hydrogens (tertiary/aromatic N) is 1. The van der Waals surface area contributed by atoms with Crippen LogP contribution in [0.1, 0.15) is 18.6 Å². The first-order chi connectivity index (χ1) is 14.8. The fraction of sp³-hybridized carbons (Fsp3) is 0.381. The molecule has 10 heteroatoms. The quantitative estimate of drug-likeness (QED) is 0.619. The highest BCUT2D eigenvalue weighted by Crippen LogP contribution is 2.28. The van der Waals surface area contributed by atoms with Gasteiger partial charge in [-0.25, -0.2) is 8.42 Å². The van der Waals surface area contributed by atoms with Crippen molar-refractivity contribution in [3.8, 4) is 0 Å². The monoisotopic (exact) mass is 467 g/mol. The second kappa shape index (κ2) is 10.4. The summed E-state index contributed by atoms with van der Waals surface area (Å²) < 4.78 is 37.7. The molecule has 2 aromatic rings. The Morgan fingerprint density at radius 3 is 2.65 bits per heavy atom. The number of carbonyl (C=O) groups is 1. The number of amides is 1. The van der Waals surface area contributed by atoms with Gasteiger partial charge in [0.25, 0.3) is 0 Å². The van der Waals surface area contributed by atoms with Crippen LogP contribution in [0.3, 0.4) is 0 Å². The Morgan fingerprint density at radius 1 is 1.19 bits per heavy atom. The summed E-state index contributed by atoms with van der Waals surface area (Å²) in [5.41, 5.74) is 2.12. The van der Waals surface area contributed by atoms with Gasteiger partial charge in [-0.1, -0.05) is 23.7 Å². The number of anilines is 2. The van der Waals surface area contributed by atoms with E-state index in [0.717, 1.165) is 11.3 Å². The number of carbonyl (C=O) groups excluding carboxylic acids is 1. The number of rotatable bonds is 8. The van der Waals surface area contributed by atoms with Crippen molar-refractivity contribution in [3.05, 3.63) is 53.1 Å². The maximum atomic E-state index is 12.9.